The first kappa shape index (κ1) is 15.3. The number of rotatable bonds is 3. The van der Waals surface area contributed by atoms with Crippen LogP contribution in [-0.2, 0) is 17.9 Å². The van der Waals surface area contributed by atoms with Crippen LogP contribution in [0.4, 0.5) is 0 Å². The highest BCUT2D eigenvalue weighted by Gasteiger charge is 2.27. The van der Waals surface area contributed by atoms with Crippen molar-refractivity contribution in [1.29, 1.82) is 0 Å². The standard InChI is InChI=1S/C18H23N5O/c24-17(11-14-5-2-1-3-6-14)22-9-10-23-16(13-22)20-21-18(23)15-7-4-8-19-12-15/h4,7-8,12,14H,1-3,5-6,9-11,13H2. The molecule has 6 heteroatoms. The molecule has 1 aliphatic heterocycles. The Bertz CT molecular complexity index is 705. The Morgan fingerprint density at radius 2 is 2.04 bits per heavy atom. The van der Waals surface area contributed by atoms with Gasteiger partial charge in [-0.2, -0.15) is 0 Å². The van der Waals surface area contributed by atoms with E-state index in [2.05, 4.69) is 19.7 Å². The third kappa shape index (κ3) is 3.05. The fourth-order valence-electron chi connectivity index (χ4n) is 3.85. The number of aromatic nitrogens is 4. The number of carbonyl (C=O) groups excluding carboxylic acids is 1. The number of pyridine rings is 1. The molecule has 1 amide bonds. The Kier molecular flexibility index (Phi) is 4.28. The lowest BCUT2D eigenvalue weighted by atomic mass is 9.86. The lowest BCUT2D eigenvalue weighted by Gasteiger charge is -2.30. The maximum Gasteiger partial charge on any atom is 0.223 e. The summed E-state index contributed by atoms with van der Waals surface area (Å²) in [5, 5.41) is 8.62. The van der Waals surface area contributed by atoms with Crippen molar-refractivity contribution >= 4 is 5.91 Å². The van der Waals surface area contributed by atoms with Gasteiger partial charge in [0.15, 0.2) is 11.6 Å². The molecule has 2 aliphatic rings. The van der Waals surface area contributed by atoms with E-state index in [0.29, 0.717) is 18.9 Å². The maximum absolute atomic E-state index is 12.6. The molecule has 0 radical (unpaired) electrons. The molecule has 24 heavy (non-hydrogen) atoms. The molecule has 1 fully saturated rings. The van der Waals surface area contributed by atoms with E-state index < -0.39 is 0 Å². The molecule has 0 N–H and O–H groups in total. The highest BCUT2D eigenvalue weighted by molar-refractivity contribution is 5.76. The summed E-state index contributed by atoms with van der Waals surface area (Å²) in [6.45, 7) is 2.06. The highest BCUT2D eigenvalue weighted by Crippen LogP contribution is 2.28. The van der Waals surface area contributed by atoms with Gasteiger partial charge in [-0.25, -0.2) is 0 Å². The Hall–Kier alpha value is -2.24. The van der Waals surface area contributed by atoms with Gasteiger partial charge in [-0.15, -0.1) is 10.2 Å². The summed E-state index contributed by atoms with van der Waals surface area (Å²) >= 11 is 0. The van der Waals surface area contributed by atoms with Gasteiger partial charge in [-0.3, -0.25) is 9.78 Å². The van der Waals surface area contributed by atoms with Crippen molar-refractivity contribution in [3.8, 4) is 11.4 Å². The van der Waals surface area contributed by atoms with Crippen LogP contribution in [0, 0.1) is 5.92 Å². The minimum atomic E-state index is 0.277. The number of amides is 1. The molecule has 1 aliphatic carbocycles. The van der Waals surface area contributed by atoms with Crippen molar-refractivity contribution in [2.24, 2.45) is 5.92 Å². The van der Waals surface area contributed by atoms with Crippen molar-refractivity contribution < 1.29 is 4.79 Å². The predicted molar refractivity (Wildman–Crippen MR) is 89.9 cm³/mol. The van der Waals surface area contributed by atoms with Crippen LogP contribution in [0.3, 0.4) is 0 Å². The molecule has 4 rings (SSSR count). The quantitative estimate of drug-likeness (QED) is 0.870. The molecule has 0 atom stereocenters. The topological polar surface area (TPSA) is 63.9 Å². The fraction of sp³-hybridized carbons (Fsp3) is 0.556. The summed E-state index contributed by atoms with van der Waals surface area (Å²) in [5.74, 6) is 2.57. The Balaban J connectivity index is 1.45. The van der Waals surface area contributed by atoms with Crippen LogP contribution in [0.1, 0.15) is 44.3 Å². The van der Waals surface area contributed by atoms with Gasteiger partial charge >= 0.3 is 0 Å². The number of fused-ring (bicyclic) bond motifs is 1. The first-order valence-electron chi connectivity index (χ1n) is 8.91. The van der Waals surface area contributed by atoms with Crippen LogP contribution in [-0.4, -0.2) is 37.1 Å². The number of hydrogen-bond acceptors (Lipinski definition) is 4. The van der Waals surface area contributed by atoms with Crippen molar-refractivity contribution in [3.05, 3.63) is 30.4 Å². The van der Waals surface area contributed by atoms with Gasteiger partial charge in [0, 0.05) is 37.5 Å². The van der Waals surface area contributed by atoms with E-state index in [9.17, 15) is 4.79 Å². The van der Waals surface area contributed by atoms with E-state index in [0.717, 1.165) is 30.3 Å². The Morgan fingerprint density at radius 3 is 2.83 bits per heavy atom. The second-order valence-electron chi connectivity index (χ2n) is 6.86. The third-order valence-corrected chi connectivity index (χ3v) is 5.21. The zero-order valence-corrected chi connectivity index (χ0v) is 13.9. The summed E-state index contributed by atoms with van der Waals surface area (Å²) < 4.78 is 2.11. The number of hydrogen-bond donors (Lipinski definition) is 0. The van der Waals surface area contributed by atoms with E-state index in [1.165, 1.54) is 32.1 Å². The van der Waals surface area contributed by atoms with Crippen LogP contribution in [0.5, 0.6) is 0 Å². The van der Waals surface area contributed by atoms with Crippen LogP contribution in [0.15, 0.2) is 24.5 Å². The number of carbonyl (C=O) groups is 1. The summed E-state index contributed by atoms with van der Waals surface area (Å²) in [4.78, 5) is 18.7. The second kappa shape index (κ2) is 6.71. The van der Waals surface area contributed by atoms with E-state index in [1.54, 1.807) is 12.4 Å². The van der Waals surface area contributed by atoms with Gasteiger partial charge in [-0.05, 0) is 30.9 Å². The van der Waals surface area contributed by atoms with Crippen LogP contribution in [0.2, 0.25) is 0 Å². The zero-order chi connectivity index (χ0) is 16.4. The van der Waals surface area contributed by atoms with Crippen LogP contribution >= 0.6 is 0 Å². The number of nitrogens with zero attached hydrogens (tertiary/aromatic N) is 5. The van der Waals surface area contributed by atoms with Crippen molar-refractivity contribution in [2.75, 3.05) is 6.54 Å². The predicted octanol–water partition coefficient (Wildman–Crippen LogP) is 2.65. The van der Waals surface area contributed by atoms with Crippen LogP contribution < -0.4 is 0 Å². The van der Waals surface area contributed by atoms with Crippen LogP contribution in [0.25, 0.3) is 11.4 Å². The summed E-state index contributed by atoms with van der Waals surface area (Å²) in [5.41, 5.74) is 0.971. The molecule has 1 saturated carbocycles. The van der Waals surface area contributed by atoms with E-state index in [1.807, 2.05) is 17.0 Å². The van der Waals surface area contributed by atoms with Crippen molar-refractivity contribution in [3.63, 3.8) is 0 Å². The summed E-state index contributed by atoms with van der Waals surface area (Å²) in [7, 11) is 0. The average molecular weight is 325 g/mol. The van der Waals surface area contributed by atoms with Gasteiger partial charge in [0.25, 0.3) is 0 Å². The minimum absolute atomic E-state index is 0.277. The molecular formula is C18H23N5O. The zero-order valence-electron chi connectivity index (χ0n) is 13.9. The lowest BCUT2D eigenvalue weighted by Crippen LogP contribution is -2.39. The molecule has 0 saturated heterocycles. The molecule has 0 aromatic carbocycles. The fourth-order valence-corrected chi connectivity index (χ4v) is 3.85. The Labute approximate surface area is 141 Å². The molecule has 0 bridgehead atoms. The molecule has 126 valence electrons. The van der Waals surface area contributed by atoms with Gasteiger partial charge in [0.05, 0.1) is 6.54 Å². The third-order valence-electron chi connectivity index (χ3n) is 5.21. The minimum Gasteiger partial charge on any atom is -0.333 e. The molecule has 2 aromatic heterocycles. The lowest BCUT2D eigenvalue weighted by molar-refractivity contribution is -0.134. The van der Waals surface area contributed by atoms with E-state index in [4.69, 9.17) is 0 Å². The van der Waals surface area contributed by atoms with Gasteiger partial charge in [0.1, 0.15) is 0 Å². The normalized spacial score (nSPS) is 18.4. The van der Waals surface area contributed by atoms with Gasteiger partial charge in [-0.1, -0.05) is 19.3 Å². The smallest absolute Gasteiger partial charge is 0.223 e. The first-order valence-corrected chi connectivity index (χ1v) is 8.91. The molecule has 0 unspecified atom stereocenters. The highest BCUT2D eigenvalue weighted by atomic mass is 16.2. The van der Waals surface area contributed by atoms with E-state index >= 15 is 0 Å². The van der Waals surface area contributed by atoms with Crippen molar-refractivity contribution in [2.45, 2.75) is 51.6 Å². The Morgan fingerprint density at radius 1 is 1.17 bits per heavy atom. The van der Waals surface area contributed by atoms with Crippen molar-refractivity contribution in [1.82, 2.24) is 24.6 Å². The maximum atomic E-state index is 12.6. The monoisotopic (exact) mass is 325 g/mol. The molecular weight excluding hydrogens is 302 g/mol. The summed E-state index contributed by atoms with van der Waals surface area (Å²) in [6, 6.07) is 3.89. The molecule has 3 heterocycles. The van der Waals surface area contributed by atoms with Gasteiger partial charge in [0.2, 0.25) is 5.91 Å². The second-order valence-corrected chi connectivity index (χ2v) is 6.86. The summed E-state index contributed by atoms with van der Waals surface area (Å²) in [6.07, 6.45) is 10.6. The molecule has 6 nitrogen and oxygen atoms in total. The average Bonchev–Trinajstić information content (AvgIpc) is 3.06. The first-order chi connectivity index (χ1) is 11.8. The largest absolute Gasteiger partial charge is 0.333 e. The SMILES string of the molecule is O=C(CC1CCCCC1)N1CCn2c(nnc2-c2cccnc2)C1. The van der Waals surface area contributed by atoms with Gasteiger partial charge < -0.3 is 9.47 Å². The molecule has 0 spiro atoms. The van der Waals surface area contributed by atoms with E-state index in [-0.39, 0.29) is 5.91 Å². The molecule has 2 aromatic rings.